The average Bonchev–Trinajstić information content (AvgIpc) is 2.48. The van der Waals surface area contributed by atoms with Gasteiger partial charge >= 0.3 is 0 Å². The lowest BCUT2D eigenvalue weighted by molar-refractivity contribution is 0.331. The van der Waals surface area contributed by atoms with E-state index in [1.54, 1.807) is 13.0 Å². The predicted octanol–water partition coefficient (Wildman–Crippen LogP) is 0.462. The van der Waals surface area contributed by atoms with Crippen LogP contribution in [-0.4, -0.2) is 53.1 Å². The van der Waals surface area contributed by atoms with Crippen LogP contribution >= 0.6 is 0 Å². The number of aryl methyl sites for hydroxylation is 1. The van der Waals surface area contributed by atoms with Crippen molar-refractivity contribution in [3.05, 3.63) is 28.2 Å². The van der Waals surface area contributed by atoms with E-state index >= 15 is 0 Å². The van der Waals surface area contributed by atoms with E-state index in [9.17, 15) is 13.2 Å². The summed E-state index contributed by atoms with van der Waals surface area (Å²) in [5.41, 5.74) is 0.402. The van der Waals surface area contributed by atoms with Gasteiger partial charge in [-0.3, -0.25) is 4.79 Å². The van der Waals surface area contributed by atoms with E-state index in [0.717, 1.165) is 10.6 Å². The first-order valence-corrected chi connectivity index (χ1v) is 8.74. The van der Waals surface area contributed by atoms with Crippen molar-refractivity contribution in [2.75, 3.05) is 24.7 Å². The lowest BCUT2D eigenvalue weighted by Crippen LogP contribution is -2.42. The van der Waals surface area contributed by atoms with Crippen LogP contribution in [0.5, 0.6) is 0 Å². The molecule has 0 aromatic carbocycles. The number of nitrogens with one attached hydrogen (secondary N) is 2. The van der Waals surface area contributed by atoms with Gasteiger partial charge in [-0.1, -0.05) is 0 Å². The Balaban J connectivity index is 1.99. The van der Waals surface area contributed by atoms with Crippen LogP contribution in [0.4, 0.5) is 5.95 Å². The molecule has 1 aliphatic rings. The highest BCUT2D eigenvalue weighted by atomic mass is 32.2. The predicted molar refractivity (Wildman–Crippen MR) is 88.0 cm³/mol. The van der Waals surface area contributed by atoms with E-state index < -0.39 is 41.9 Å². The van der Waals surface area contributed by atoms with Gasteiger partial charge in [0.15, 0.2) is 0 Å². The summed E-state index contributed by atoms with van der Waals surface area (Å²) < 4.78 is 57.1. The van der Waals surface area contributed by atoms with E-state index in [1.807, 2.05) is 0 Å². The van der Waals surface area contributed by atoms with Crippen LogP contribution < -0.4 is 10.9 Å². The Bertz CT molecular complexity index is 1040. The quantitative estimate of drug-likeness (QED) is 0.840. The minimum Gasteiger partial charge on any atom is -0.351 e. The van der Waals surface area contributed by atoms with Gasteiger partial charge in [0, 0.05) is 36.1 Å². The minimum atomic E-state index is -3.75. The number of H-pyrrole nitrogens is 1. The summed E-state index contributed by atoms with van der Waals surface area (Å²) in [5, 5.41) is 3.28. The molecule has 9 heteroatoms. The zero-order valence-corrected chi connectivity index (χ0v) is 13.4. The maximum absolute atomic E-state index is 11.8. The summed E-state index contributed by atoms with van der Waals surface area (Å²) in [6.45, 7) is 0.696. The Kier molecular flexibility index (Phi) is 2.95. The molecule has 1 fully saturated rings. The van der Waals surface area contributed by atoms with Crippen LogP contribution in [-0.2, 0) is 10.0 Å². The first kappa shape index (κ1) is 11.5. The molecule has 0 bridgehead atoms. The van der Waals surface area contributed by atoms with Crippen LogP contribution in [0.1, 0.15) is 23.9 Å². The first-order valence-electron chi connectivity index (χ1n) is 8.89. The second-order valence-electron chi connectivity index (χ2n) is 5.23. The lowest BCUT2D eigenvalue weighted by atomic mass is 10.1. The first-order chi connectivity index (χ1) is 12.3. The third kappa shape index (κ3) is 3.50. The molecule has 23 heavy (non-hydrogen) atoms. The summed E-state index contributed by atoms with van der Waals surface area (Å²) in [6, 6.07) is 1.51. The van der Waals surface area contributed by atoms with Gasteiger partial charge < -0.3 is 10.3 Å². The van der Waals surface area contributed by atoms with Gasteiger partial charge in [0.1, 0.15) is 5.65 Å². The number of aromatic amines is 1. The molecule has 3 heterocycles. The third-order valence-corrected chi connectivity index (χ3v) is 4.66. The lowest BCUT2D eigenvalue weighted by Gasteiger charge is -2.30. The maximum atomic E-state index is 11.8. The fourth-order valence-corrected chi connectivity index (χ4v) is 2.86. The SMILES string of the molecule is [2H]C1([2H])CN(S(C)(=O)=O)CC([2H])([2H])C1Nc1nc(C)c2ccc(=O)[nH]c2n1. The van der Waals surface area contributed by atoms with Gasteiger partial charge in [-0.05, 0) is 25.7 Å². The number of fused-ring (bicyclic) bond motifs is 1. The van der Waals surface area contributed by atoms with Crippen LogP contribution in [0, 0.1) is 6.92 Å². The van der Waals surface area contributed by atoms with Crippen molar-refractivity contribution in [2.45, 2.75) is 25.7 Å². The fourth-order valence-electron chi connectivity index (χ4n) is 2.24. The molecule has 0 saturated carbocycles. The molecule has 1 aliphatic heterocycles. The zero-order chi connectivity index (χ0) is 20.2. The molecule has 8 nitrogen and oxygen atoms in total. The number of hydrogen-bond acceptors (Lipinski definition) is 6. The molecule has 0 unspecified atom stereocenters. The van der Waals surface area contributed by atoms with Gasteiger partial charge in [0.25, 0.3) is 0 Å². The van der Waals surface area contributed by atoms with Crippen molar-refractivity contribution in [3.63, 3.8) is 0 Å². The largest absolute Gasteiger partial charge is 0.351 e. The molecular formula is C14H19N5O3S. The van der Waals surface area contributed by atoms with Crippen LogP contribution in [0.25, 0.3) is 11.0 Å². The number of rotatable bonds is 3. The summed E-state index contributed by atoms with van der Waals surface area (Å²) >= 11 is 0. The monoisotopic (exact) mass is 341 g/mol. The van der Waals surface area contributed by atoms with Gasteiger partial charge in [0.2, 0.25) is 21.5 Å². The van der Waals surface area contributed by atoms with Crippen molar-refractivity contribution < 1.29 is 13.9 Å². The molecular weight excluding hydrogens is 318 g/mol. The minimum absolute atomic E-state index is 0.0487. The van der Waals surface area contributed by atoms with Gasteiger partial charge in [-0.15, -0.1) is 0 Å². The van der Waals surface area contributed by atoms with Crippen molar-refractivity contribution in [1.82, 2.24) is 19.3 Å². The van der Waals surface area contributed by atoms with Crippen molar-refractivity contribution in [3.8, 4) is 0 Å². The Labute approximate surface area is 139 Å². The zero-order valence-electron chi connectivity index (χ0n) is 16.6. The standard InChI is InChI=1S/C14H19N5O3S/c1-9-11-3-4-12(20)17-13(11)18-14(15-9)16-10-5-7-19(8-6-10)23(2,21)22/h3-4,10H,5-8H2,1-2H3,(H2,15,16,17,18,20)/i5D2,6D2. The summed E-state index contributed by atoms with van der Waals surface area (Å²) in [5.74, 6) is -0.0487. The Morgan fingerprint density at radius 1 is 1.35 bits per heavy atom. The molecule has 2 aromatic heterocycles. The highest BCUT2D eigenvalue weighted by molar-refractivity contribution is 7.88. The topological polar surface area (TPSA) is 108 Å². The van der Waals surface area contributed by atoms with E-state index in [4.69, 9.17) is 5.48 Å². The highest BCUT2D eigenvalue weighted by Crippen LogP contribution is 2.18. The van der Waals surface area contributed by atoms with Crippen LogP contribution in [0.3, 0.4) is 0 Å². The van der Waals surface area contributed by atoms with Crippen molar-refractivity contribution in [2.24, 2.45) is 0 Å². The number of piperidine rings is 1. The molecule has 0 amide bonds. The Morgan fingerprint density at radius 2 is 2.04 bits per heavy atom. The molecule has 0 radical (unpaired) electrons. The van der Waals surface area contributed by atoms with E-state index in [1.165, 1.54) is 6.07 Å². The molecule has 2 aromatic rings. The van der Waals surface area contributed by atoms with Crippen molar-refractivity contribution in [1.29, 1.82) is 0 Å². The molecule has 0 spiro atoms. The number of nitrogens with zero attached hydrogens (tertiary/aromatic N) is 3. The second-order valence-corrected chi connectivity index (χ2v) is 7.22. The third-order valence-electron chi connectivity index (χ3n) is 3.47. The van der Waals surface area contributed by atoms with E-state index in [-0.39, 0.29) is 17.2 Å². The van der Waals surface area contributed by atoms with E-state index in [0.29, 0.717) is 11.1 Å². The Hall–Kier alpha value is -2.00. The van der Waals surface area contributed by atoms with E-state index in [2.05, 4.69) is 20.3 Å². The smallest absolute Gasteiger partial charge is 0.249 e. The molecule has 3 rings (SSSR count). The van der Waals surface area contributed by atoms with Gasteiger partial charge in [0.05, 0.1) is 11.9 Å². The molecule has 0 aliphatic carbocycles. The van der Waals surface area contributed by atoms with Crippen LogP contribution in [0.2, 0.25) is 0 Å². The number of anilines is 1. The average molecular weight is 341 g/mol. The number of sulfonamides is 1. The van der Waals surface area contributed by atoms with Crippen LogP contribution in [0.15, 0.2) is 16.9 Å². The molecule has 1 saturated heterocycles. The number of pyridine rings is 1. The number of aromatic nitrogens is 3. The highest BCUT2D eigenvalue weighted by Gasteiger charge is 2.25. The maximum Gasteiger partial charge on any atom is 0.249 e. The second kappa shape index (κ2) is 5.89. The molecule has 0 atom stereocenters. The normalized spacial score (nSPS) is 24.4. The molecule has 124 valence electrons. The summed E-state index contributed by atoms with van der Waals surface area (Å²) in [6.07, 6.45) is -3.53. The summed E-state index contributed by atoms with van der Waals surface area (Å²) in [7, 11) is -3.75. The van der Waals surface area contributed by atoms with Gasteiger partial charge in [-0.25, -0.2) is 17.7 Å². The fraction of sp³-hybridized carbons (Fsp3) is 0.500. The molecule has 2 N–H and O–H groups in total. The van der Waals surface area contributed by atoms with Crippen molar-refractivity contribution >= 4 is 27.0 Å². The Morgan fingerprint density at radius 3 is 2.70 bits per heavy atom. The summed E-state index contributed by atoms with van der Waals surface area (Å²) in [4.78, 5) is 22.4. The van der Waals surface area contributed by atoms with Gasteiger partial charge in [-0.2, -0.15) is 4.98 Å². The number of hydrogen-bond donors (Lipinski definition) is 2.